The maximum atomic E-state index is 12.5. The molecule has 1 saturated carbocycles. The van der Waals surface area contributed by atoms with Gasteiger partial charge in [0.25, 0.3) is 5.91 Å². The van der Waals surface area contributed by atoms with Crippen molar-refractivity contribution in [3.8, 4) is 0 Å². The zero-order valence-electron chi connectivity index (χ0n) is 14.9. The molecular formula is C18H26N4O2. The van der Waals surface area contributed by atoms with Crippen LogP contribution in [0.25, 0.3) is 0 Å². The minimum absolute atomic E-state index is 0.0599. The van der Waals surface area contributed by atoms with Crippen molar-refractivity contribution in [1.29, 1.82) is 0 Å². The van der Waals surface area contributed by atoms with E-state index in [9.17, 15) is 4.79 Å². The van der Waals surface area contributed by atoms with Crippen LogP contribution in [0.1, 0.15) is 77.6 Å². The number of nitrogens with one attached hydrogen (secondary N) is 1. The van der Waals surface area contributed by atoms with Crippen LogP contribution in [0, 0.1) is 20.8 Å². The second-order valence-corrected chi connectivity index (χ2v) is 6.88. The molecule has 0 unspecified atom stereocenters. The first-order valence-electron chi connectivity index (χ1n) is 8.74. The van der Waals surface area contributed by atoms with Crippen molar-refractivity contribution in [2.75, 3.05) is 6.54 Å². The van der Waals surface area contributed by atoms with Gasteiger partial charge < -0.3 is 9.84 Å². The standard InChI is InChI=1S/C18H26N4O2/c1-11(17-12(2)21-24-14(17)4)9-19-18(23)16-10-20-22(13(16)3)15-7-5-6-8-15/h10-11,15H,5-9H2,1-4H3,(H,19,23)/t11-/m1/s1. The quantitative estimate of drug-likeness (QED) is 0.911. The zero-order chi connectivity index (χ0) is 17.3. The SMILES string of the molecule is Cc1noc(C)c1[C@H](C)CNC(=O)c1cnn(C2CCCC2)c1C. The van der Waals surface area contributed by atoms with Gasteiger partial charge in [0, 0.05) is 23.7 Å². The molecule has 1 fully saturated rings. The van der Waals surface area contributed by atoms with Crippen LogP contribution in [0.15, 0.2) is 10.7 Å². The zero-order valence-corrected chi connectivity index (χ0v) is 14.9. The van der Waals surface area contributed by atoms with Crippen molar-refractivity contribution in [2.45, 2.75) is 65.3 Å². The maximum Gasteiger partial charge on any atom is 0.254 e. The van der Waals surface area contributed by atoms with Gasteiger partial charge in [0.1, 0.15) is 5.76 Å². The molecule has 0 spiro atoms. The lowest BCUT2D eigenvalue weighted by molar-refractivity contribution is 0.0950. The van der Waals surface area contributed by atoms with E-state index in [0.717, 1.165) is 35.6 Å². The number of carbonyl (C=O) groups excluding carboxylic acids is 1. The highest BCUT2D eigenvalue weighted by atomic mass is 16.5. The van der Waals surface area contributed by atoms with E-state index in [1.165, 1.54) is 12.8 Å². The maximum absolute atomic E-state index is 12.5. The number of aromatic nitrogens is 3. The fraction of sp³-hybridized carbons (Fsp3) is 0.611. The van der Waals surface area contributed by atoms with E-state index in [2.05, 4.69) is 22.5 Å². The van der Waals surface area contributed by atoms with Crippen LogP contribution in [-0.4, -0.2) is 27.4 Å². The Morgan fingerprint density at radius 3 is 2.71 bits per heavy atom. The number of rotatable bonds is 5. The summed E-state index contributed by atoms with van der Waals surface area (Å²) in [4.78, 5) is 12.5. The molecule has 0 aliphatic heterocycles. The Morgan fingerprint density at radius 1 is 1.38 bits per heavy atom. The van der Waals surface area contributed by atoms with Gasteiger partial charge in [0.2, 0.25) is 0 Å². The first-order chi connectivity index (χ1) is 11.5. The van der Waals surface area contributed by atoms with E-state index in [-0.39, 0.29) is 11.8 Å². The van der Waals surface area contributed by atoms with Crippen LogP contribution >= 0.6 is 0 Å². The van der Waals surface area contributed by atoms with Crippen molar-refractivity contribution < 1.29 is 9.32 Å². The van der Waals surface area contributed by atoms with Crippen LogP contribution in [0.2, 0.25) is 0 Å². The van der Waals surface area contributed by atoms with Crippen molar-refractivity contribution in [1.82, 2.24) is 20.3 Å². The molecule has 6 heteroatoms. The van der Waals surface area contributed by atoms with E-state index >= 15 is 0 Å². The lowest BCUT2D eigenvalue weighted by Crippen LogP contribution is -2.28. The van der Waals surface area contributed by atoms with E-state index < -0.39 is 0 Å². The van der Waals surface area contributed by atoms with Gasteiger partial charge in [-0.3, -0.25) is 9.48 Å². The van der Waals surface area contributed by atoms with Gasteiger partial charge in [0.15, 0.2) is 0 Å². The summed E-state index contributed by atoms with van der Waals surface area (Å²) >= 11 is 0. The number of aryl methyl sites for hydroxylation is 2. The van der Waals surface area contributed by atoms with Crippen molar-refractivity contribution in [3.05, 3.63) is 34.5 Å². The van der Waals surface area contributed by atoms with Gasteiger partial charge in [-0.15, -0.1) is 0 Å². The first-order valence-corrected chi connectivity index (χ1v) is 8.74. The number of amides is 1. The summed E-state index contributed by atoms with van der Waals surface area (Å²) in [6.07, 6.45) is 6.52. The molecular weight excluding hydrogens is 304 g/mol. The molecule has 2 aromatic heterocycles. The summed E-state index contributed by atoms with van der Waals surface area (Å²) in [6, 6.07) is 0.452. The van der Waals surface area contributed by atoms with Crippen molar-refractivity contribution in [2.24, 2.45) is 0 Å². The second kappa shape index (κ2) is 6.79. The van der Waals surface area contributed by atoms with Crippen LogP contribution in [0.3, 0.4) is 0 Å². The Kier molecular flexibility index (Phi) is 4.73. The Morgan fingerprint density at radius 2 is 2.08 bits per heavy atom. The largest absolute Gasteiger partial charge is 0.361 e. The Bertz CT molecular complexity index is 706. The molecule has 0 saturated heterocycles. The van der Waals surface area contributed by atoms with Gasteiger partial charge in [-0.05, 0) is 33.6 Å². The average molecular weight is 330 g/mol. The molecule has 130 valence electrons. The third kappa shape index (κ3) is 3.09. The number of nitrogens with zero attached hydrogens (tertiary/aromatic N) is 3. The van der Waals surface area contributed by atoms with Gasteiger partial charge in [0.05, 0.1) is 23.5 Å². The molecule has 1 amide bonds. The molecule has 1 aliphatic rings. The lowest BCUT2D eigenvalue weighted by Gasteiger charge is -2.14. The first kappa shape index (κ1) is 16.7. The number of carbonyl (C=O) groups is 1. The minimum atomic E-state index is -0.0599. The molecule has 6 nitrogen and oxygen atoms in total. The Balaban J connectivity index is 1.65. The predicted molar refractivity (Wildman–Crippen MR) is 91.2 cm³/mol. The van der Waals surface area contributed by atoms with Gasteiger partial charge in [-0.25, -0.2) is 0 Å². The summed E-state index contributed by atoms with van der Waals surface area (Å²) in [7, 11) is 0. The normalized spacial score (nSPS) is 16.5. The van der Waals surface area contributed by atoms with E-state index in [1.54, 1.807) is 6.20 Å². The summed E-state index contributed by atoms with van der Waals surface area (Å²) in [5.74, 6) is 0.917. The lowest BCUT2D eigenvalue weighted by atomic mass is 9.99. The van der Waals surface area contributed by atoms with Crippen molar-refractivity contribution >= 4 is 5.91 Å². The molecule has 1 atom stereocenters. The van der Waals surface area contributed by atoms with E-state index in [4.69, 9.17) is 4.52 Å². The summed E-state index contributed by atoms with van der Waals surface area (Å²) < 4.78 is 7.24. The topological polar surface area (TPSA) is 73.0 Å². The van der Waals surface area contributed by atoms with Gasteiger partial charge in [-0.1, -0.05) is 24.9 Å². The molecule has 3 rings (SSSR count). The molecule has 0 bridgehead atoms. The third-order valence-electron chi connectivity index (χ3n) is 5.11. The smallest absolute Gasteiger partial charge is 0.254 e. The highest BCUT2D eigenvalue weighted by Crippen LogP contribution is 2.30. The van der Waals surface area contributed by atoms with E-state index in [0.29, 0.717) is 18.2 Å². The molecule has 1 aliphatic carbocycles. The molecule has 1 N–H and O–H groups in total. The Labute approximate surface area is 142 Å². The number of hydrogen-bond donors (Lipinski definition) is 1. The number of hydrogen-bond acceptors (Lipinski definition) is 4. The Hall–Kier alpha value is -2.11. The molecule has 2 aromatic rings. The molecule has 0 aromatic carbocycles. The molecule has 0 radical (unpaired) electrons. The molecule has 24 heavy (non-hydrogen) atoms. The average Bonchev–Trinajstić information content (AvgIpc) is 3.26. The van der Waals surface area contributed by atoms with Gasteiger partial charge in [-0.2, -0.15) is 5.10 Å². The highest BCUT2D eigenvalue weighted by molar-refractivity contribution is 5.95. The summed E-state index contributed by atoms with van der Waals surface area (Å²) in [5, 5.41) is 11.5. The van der Waals surface area contributed by atoms with Crippen molar-refractivity contribution in [3.63, 3.8) is 0 Å². The van der Waals surface area contributed by atoms with Crippen LogP contribution in [0.5, 0.6) is 0 Å². The summed E-state index contributed by atoms with van der Waals surface area (Å²) in [6.45, 7) is 8.44. The van der Waals surface area contributed by atoms with Crippen LogP contribution in [0.4, 0.5) is 0 Å². The van der Waals surface area contributed by atoms with Crippen LogP contribution < -0.4 is 5.32 Å². The van der Waals surface area contributed by atoms with Gasteiger partial charge >= 0.3 is 0 Å². The fourth-order valence-electron chi connectivity index (χ4n) is 3.80. The van der Waals surface area contributed by atoms with Crippen LogP contribution in [-0.2, 0) is 0 Å². The second-order valence-electron chi connectivity index (χ2n) is 6.88. The summed E-state index contributed by atoms with van der Waals surface area (Å²) in [5.41, 5.74) is 3.60. The highest BCUT2D eigenvalue weighted by Gasteiger charge is 2.23. The minimum Gasteiger partial charge on any atom is -0.361 e. The predicted octanol–water partition coefficient (Wildman–Crippen LogP) is 3.44. The van der Waals surface area contributed by atoms with E-state index in [1.807, 2.05) is 25.5 Å². The monoisotopic (exact) mass is 330 g/mol. The fourth-order valence-corrected chi connectivity index (χ4v) is 3.80. The molecule has 2 heterocycles. The third-order valence-corrected chi connectivity index (χ3v) is 5.11.